The molecule has 0 radical (unpaired) electrons. The standard InChI is InChI=1S/C8H13N3S2/c1-11(5-6-3-2-4-6)7-9-10-8(12)13-7/h6H,2-5H2,1H3,(H,10,12). The van der Waals surface area contributed by atoms with Gasteiger partial charge in [-0.3, -0.25) is 5.10 Å². The summed E-state index contributed by atoms with van der Waals surface area (Å²) in [6, 6.07) is 0. The predicted octanol–water partition coefficient (Wildman–Crippen LogP) is 2.44. The van der Waals surface area contributed by atoms with Crippen molar-refractivity contribution in [3.8, 4) is 0 Å². The highest BCUT2D eigenvalue weighted by atomic mass is 32.1. The molecule has 1 aromatic heterocycles. The van der Waals surface area contributed by atoms with Gasteiger partial charge in [0.2, 0.25) is 5.13 Å². The maximum atomic E-state index is 4.98. The molecule has 1 aliphatic carbocycles. The van der Waals surface area contributed by atoms with Crippen LogP contribution in [0.2, 0.25) is 0 Å². The van der Waals surface area contributed by atoms with Crippen LogP contribution in [0.5, 0.6) is 0 Å². The number of nitrogens with one attached hydrogen (secondary N) is 1. The van der Waals surface area contributed by atoms with Crippen molar-refractivity contribution in [3.63, 3.8) is 0 Å². The van der Waals surface area contributed by atoms with E-state index in [1.807, 2.05) is 0 Å². The number of hydrogen-bond acceptors (Lipinski definition) is 4. The second-order valence-corrected chi connectivity index (χ2v) is 5.22. The van der Waals surface area contributed by atoms with E-state index in [1.54, 1.807) is 11.3 Å². The number of nitrogens with zero attached hydrogens (tertiary/aromatic N) is 2. The lowest BCUT2D eigenvalue weighted by molar-refractivity contribution is 0.321. The summed E-state index contributed by atoms with van der Waals surface area (Å²) in [5.41, 5.74) is 0. The Kier molecular flexibility index (Phi) is 2.64. The van der Waals surface area contributed by atoms with Crippen molar-refractivity contribution in [2.24, 2.45) is 5.92 Å². The zero-order valence-corrected chi connectivity index (χ0v) is 9.25. The summed E-state index contributed by atoms with van der Waals surface area (Å²) in [5.74, 6) is 0.877. The van der Waals surface area contributed by atoms with Gasteiger partial charge >= 0.3 is 0 Å². The van der Waals surface area contributed by atoms with E-state index in [4.69, 9.17) is 12.2 Å². The lowest BCUT2D eigenvalue weighted by atomic mass is 9.85. The molecule has 13 heavy (non-hydrogen) atoms. The van der Waals surface area contributed by atoms with Gasteiger partial charge in [-0.1, -0.05) is 17.8 Å². The van der Waals surface area contributed by atoms with E-state index in [1.165, 1.54) is 19.3 Å². The van der Waals surface area contributed by atoms with Crippen molar-refractivity contribution in [1.82, 2.24) is 10.2 Å². The van der Waals surface area contributed by atoms with Gasteiger partial charge in [-0.05, 0) is 31.0 Å². The van der Waals surface area contributed by atoms with E-state index in [-0.39, 0.29) is 0 Å². The van der Waals surface area contributed by atoms with Crippen LogP contribution in [-0.4, -0.2) is 23.8 Å². The second kappa shape index (κ2) is 3.75. The van der Waals surface area contributed by atoms with Crippen molar-refractivity contribution in [2.75, 3.05) is 18.5 Å². The summed E-state index contributed by atoms with van der Waals surface area (Å²) in [5, 5.41) is 7.95. The van der Waals surface area contributed by atoms with Gasteiger partial charge < -0.3 is 4.90 Å². The predicted molar refractivity (Wildman–Crippen MR) is 57.9 cm³/mol. The Labute approximate surface area is 86.8 Å². The number of rotatable bonds is 3. The molecule has 1 aromatic rings. The van der Waals surface area contributed by atoms with Crippen molar-refractivity contribution >= 4 is 28.7 Å². The zero-order chi connectivity index (χ0) is 9.26. The zero-order valence-electron chi connectivity index (χ0n) is 7.62. The van der Waals surface area contributed by atoms with Crippen LogP contribution in [0.4, 0.5) is 5.13 Å². The molecule has 1 saturated carbocycles. The van der Waals surface area contributed by atoms with E-state index in [9.17, 15) is 0 Å². The van der Waals surface area contributed by atoms with E-state index < -0.39 is 0 Å². The Morgan fingerprint density at radius 3 is 2.92 bits per heavy atom. The van der Waals surface area contributed by atoms with Crippen LogP contribution in [0.1, 0.15) is 19.3 Å². The van der Waals surface area contributed by atoms with Gasteiger partial charge in [0.1, 0.15) is 0 Å². The second-order valence-electron chi connectivity index (χ2n) is 3.57. The molecule has 72 valence electrons. The van der Waals surface area contributed by atoms with Gasteiger partial charge in [0.05, 0.1) is 0 Å². The maximum Gasteiger partial charge on any atom is 0.206 e. The Morgan fingerprint density at radius 1 is 1.69 bits per heavy atom. The van der Waals surface area contributed by atoms with Crippen LogP contribution < -0.4 is 4.90 Å². The smallest absolute Gasteiger partial charge is 0.206 e. The quantitative estimate of drug-likeness (QED) is 0.786. The molecule has 1 aliphatic rings. The van der Waals surface area contributed by atoms with Crippen molar-refractivity contribution < 1.29 is 0 Å². The number of H-pyrrole nitrogens is 1. The highest BCUT2D eigenvalue weighted by molar-refractivity contribution is 7.73. The molecule has 1 N–H and O–H groups in total. The van der Waals surface area contributed by atoms with E-state index in [2.05, 4.69) is 22.1 Å². The number of aromatic amines is 1. The van der Waals surface area contributed by atoms with E-state index in [0.717, 1.165) is 21.5 Å². The fraction of sp³-hybridized carbons (Fsp3) is 0.750. The van der Waals surface area contributed by atoms with Crippen LogP contribution in [0, 0.1) is 9.87 Å². The largest absolute Gasteiger partial charge is 0.349 e. The Bertz CT molecular complexity index is 326. The monoisotopic (exact) mass is 215 g/mol. The first-order valence-corrected chi connectivity index (χ1v) is 5.75. The van der Waals surface area contributed by atoms with Crippen LogP contribution in [0.3, 0.4) is 0 Å². The molecular formula is C8H13N3S2. The molecule has 0 atom stereocenters. The summed E-state index contributed by atoms with van der Waals surface area (Å²) in [7, 11) is 2.08. The fourth-order valence-electron chi connectivity index (χ4n) is 1.53. The van der Waals surface area contributed by atoms with Crippen LogP contribution in [0.25, 0.3) is 0 Å². The summed E-state index contributed by atoms with van der Waals surface area (Å²) < 4.78 is 0.760. The minimum absolute atomic E-state index is 0.760. The number of anilines is 1. The third-order valence-electron chi connectivity index (χ3n) is 2.51. The van der Waals surface area contributed by atoms with Crippen LogP contribution >= 0.6 is 23.6 Å². The molecule has 0 saturated heterocycles. The normalized spacial score (nSPS) is 17.0. The van der Waals surface area contributed by atoms with E-state index >= 15 is 0 Å². The molecule has 0 aromatic carbocycles. The van der Waals surface area contributed by atoms with Gasteiger partial charge in [-0.2, -0.15) is 0 Å². The number of hydrogen-bond donors (Lipinski definition) is 1. The lowest BCUT2D eigenvalue weighted by Crippen LogP contribution is -2.29. The summed E-state index contributed by atoms with van der Waals surface area (Å²) >= 11 is 6.53. The SMILES string of the molecule is CN(CC1CCC1)c1n[nH]c(=S)s1. The molecule has 0 bridgehead atoms. The molecule has 0 amide bonds. The van der Waals surface area contributed by atoms with Gasteiger partial charge in [-0.25, -0.2) is 0 Å². The molecular weight excluding hydrogens is 202 g/mol. The summed E-state index contributed by atoms with van der Waals surface area (Å²) in [4.78, 5) is 2.20. The Hall–Kier alpha value is -0.420. The first kappa shape index (κ1) is 9.15. The number of aromatic nitrogens is 2. The molecule has 5 heteroatoms. The average Bonchev–Trinajstić information content (AvgIpc) is 2.44. The van der Waals surface area contributed by atoms with Crippen LogP contribution in [0.15, 0.2) is 0 Å². The van der Waals surface area contributed by atoms with Crippen molar-refractivity contribution in [1.29, 1.82) is 0 Å². The minimum atomic E-state index is 0.760. The summed E-state index contributed by atoms with van der Waals surface area (Å²) in [6.07, 6.45) is 4.15. The maximum absolute atomic E-state index is 4.98. The first-order chi connectivity index (χ1) is 6.25. The molecule has 1 fully saturated rings. The van der Waals surface area contributed by atoms with Gasteiger partial charge in [0.15, 0.2) is 3.95 Å². The molecule has 2 rings (SSSR count). The highest BCUT2D eigenvalue weighted by Gasteiger charge is 2.20. The van der Waals surface area contributed by atoms with Gasteiger partial charge in [-0.15, -0.1) is 5.10 Å². The van der Waals surface area contributed by atoms with E-state index in [0.29, 0.717) is 0 Å². The van der Waals surface area contributed by atoms with Gasteiger partial charge in [0, 0.05) is 13.6 Å². The molecule has 1 heterocycles. The molecule has 3 nitrogen and oxygen atoms in total. The Balaban J connectivity index is 1.95. The summed E-state index contributed by atoms with van der Waals surface area (Å²) in [6.45, 7) is 1.12. The lowest BCUT2D eigenvalue weighted by Gasteiger charge is -2.29. The topological polar surface area (TPSA) is 31.9 Å². The highest BCUT2D eigenvalue weighted by Crippen LogP contribution is 2.28. The van der Waals surface area contributed by atoms with Gasteiger partial charge in [0.25, 0.3) is 0 Å². The molecule has 0 aliphatic heterocycles. The average molecular weight is 215 g/mol. The fourth-order valence-corrected chi connectivity index (χ4v) is 2.37. The third kappa shape index (κ3) is 2.08. The molecule has 0 spiro atoms. The van der Waals surface area contributed by atoms with Crippen molar-refractivity contribution in [2.45, 2.75) is 19.3 Å². The third-order valence-corrected chi connectivity index (χ3v) is 3.71. The van der Waals surface area contributed by atoms with Crippen molar-refractivity contribution in [3.05, 3.63) is 3.95 Å². The Morgan fingerprint density at radius 2 is 2.46 bits per heavy atom. The van der Waals surface area contributed by atoms with Crippen LogP contribution in [-0.2, 0) is 0 Å². The first-order valence-electron chi connectivity index (χ1n) is 4.52. The molecule has 0 unspecified atom stereocenters. The minimum Gasteiger partial charge on any atom is -0.349 e.